The summed E-state index contributed by atoms with van der Waals surface area (Å²) in [7, 11) is 0. The van der Waals surface area contributed by atoms with E-state index < -0.39 is 0 Å². The Morgan fingerprint density at radius 3 is 2.50 bits per heavy atom. The molecule has 1 fully saturated rings. The summed E-state index contributed by atoms with van der Waals surface area (Å²) >= 11 is 0. The van der Waals surface area contributed by atoms with Crippen molar-refractivity contribution in [2.75, 3.05) is 13.1 Å². The number of nitrogens with zero attached hydrogens (tertiary/aromatic N) is 1. The highest BCUT2D eigenvalue weighted by Gasteiger charge is 2.35. The van der Waals surface area contributed by atoms with Gasteiger partial charge in [-0.3, -0.25) is 9.69 Å². The summed E-state index contributed by atoms with van der Waals surface area (Å²) < 4.78 is 11.7. The molecule has 3 aromatic carbocycles. The van der Waals surface area contributed by atoms with Crippen LogP contribution in [0.1, 0.15) is 41.0 Å². The molecular formula is C31H30N2O3. The number of carbonyl (C=O) groups is 1. The van der Waals surface area contributed by atoms with Gasteiger partial charge in [-0.15, -0.1) is 0 Å². The third-order valence-electron chi connectivity index (χ3n) is 7.61. The van der Waals surface area contributed by atoms with E-state index in [0.29, 0.717) is 11.8 Å². The molecule has 5 nitrogen and oxygen atoms in total. The van der Waals surface area contributed by atoms with E-state index in [0.717, 1.165) is 60.7 Å². The van der Waals surface area contributed by atoms with Crippen LogP contribution in [0.4, 0.5) is 0 Å². The number of furan rings is 1. The summed E-state index contributed by atoms with van der Waals surface area (Å²) in [5, 5.41) is 0. The maximum Gasteiger partial charge on any atom is 0.221 e. The lowest BCUT2D eigenvalue weighted by molar-refractivity contribution is -0.117. The number of carbonyl (C=O) groups excluding carboxylic acids is 1. The first-order chi connectivity index (χ1) is 17.7. The van der Waals surface area contributed by atoms with E-state index >= 15 is 0 Å². The molecule has 3 heterocycles. The molecule has 1 atom stereocenters. The first-order valence-electron chi connectivity index (χ1n) is 12.7. The molecular weight excluding hydrogens is 448 g/mol. The predicted octanol–water partition coefficient (Wildman–Crippen LogP) is 6.12. The number of nitrogens with two attached hydrogens (primary N) is 1. The highest BCUT2D eigenvalue weighted by Crippen LogP contribution is 2.50. The maximum atomic E-state index is 11.6. The zero-order chi connectivity index (χ0) is 24.5. The molecule has 0 aliphatic carbocycles. The average Bonchev–Trinajstić information content (AvgIpc) is 3.41. The van der Waals surface area contributed by atoms with Crippen LogP contribution in [0.5, 0.6) is 11.5 Å². The number of para-hydroxylation sites is 1. The van der Waals surface area contributed by atoms with E-state index in [1.165, 1.54) is 16.7 Å². The van der Waals surface area contributed by atoms with Crippen LogP contribution < -0.4 is 10.5 Å². The van der Waals surface area contributed by atoms with Gasteiger partial charge in [0.2, 0.25) is 5.91 Å². The van der Waals surface area contributed by atoms with Gasteiger partial charge in [0.15, 0.2) is 0 Å². The van der Waals surface area contributed by atoms with Crippen LogP contribution in [0.3, 0.4) is 0 Å². The van der Waals surface area contributed by atoms with Gasteiger partial charge < -0.3 is 14.9 Å². The minimum Gasteiger partial charge on any atom is -0.472 e. The van der Waals surface area contributed by atoms with Crippen molar-refractivity contribution in [1.82, 2.24) is 4.90 Å². The number of rotatable bonds is 6. The predicted molar refractivity (Wildman–Crippen MR) is 140 cm³/mol. The standard InChI is InChI=1S/C31H30N2O3/c32-30(34)18-23-5-1-2-6-25(23)24-9-10-27-29(17-24)36-28-8-4-3-7-26(28)31(27)22-11-14-33(15-12-22)19-21-13-16-35-20-21/h1-10,13,16-17,20,22,31H,11-12,14-15,18-19H2,(H2,32,34). The number of primary amides is 1. The molecule has 182 valence electrons. The molecule has 36 heavy (non-hydrogen) atoms. The molecule has 0 radical (unpaired) electrons. The number of likely N-dealkylation sites (tertiary alicyclic amines) is 1. The molecule has 2 aliphatic rings. The minimum atomic E-state index is -0.329. The van der Waals surface area contributed by atoms with Crippen LogP contribution in [0.25, 0.3) is 11.1 Å². The summed E-state index contributed by atoms with van der Waals surface area (Å²) in [4.78, 5) is 14.2. The fourth-order valence-corrected chi connectivity index (χ4v) is 5.90. The molecule has 0 spiro atoms. The number of hydrogen-bond donors (Lipinski definition) is 1. The van der Waals surface area contributed by atoms with Crippen LogP contribution in [0.15, 0.2) is 89.7 Å². The fraction of sp³-hybridized carbons (Fsp3) is 0.258. The van der Waals surface area contributed by atoms with Crippen LogP contribution in [-0.4, -0.2) is 23.9 Å². The molecule has 4 aromatic rings. The average molecular weight is 479 g/mol. The zero-order valence-electron chi connectivity index (χ0n) is 20.2. The van der Waals surface area contributed by atoms with Crippen LogP contribution in [-0.2, 0) is 17.8 Å². The van der Waals surface area contributed by atoms with E-state index in [1.54, 1.807) is 6.26 Å². The molecule has 2 aliphatic heterocycles. The molecule has 0 bridgehead atoms. The Kier molecular flexibility index (Phi) is 6.08. The number of benzene rings is 3. The van der Waals surface area contributed by atoms with Crippen molar-refractivity contribution >= 4 is 5.91 Å². The number of ether oxygens (including phenoxy) is 1. The normalized spacial score (nSPS) is 17.7. The number of fused-ring (bicyclic) bond motifs is 2. The minimum absolute atomic E-state index is 0.219. The lowest BCUT2D eigenvalue weighted by Crippen LogP contribution is -2.35. The van der Waals surface area contributed by atoms with E-state index in [4.69, 9.17) is 14.9 Å². The molecule has 6 rings (SSSR count). The van der Waals surface area contributed by atoms with Crippen molar-refractivity contribution in [3.05, 3.63) is 108 Å². The van der Waals surface area contributed by atoms with Crippen molar-refractivity contribution in [2.45, 2.75) is 31.7 Å². The zero-order valence-corrected chi connectivity index (χ0v) is 20.2. The van der Waals surface area contributed by atoms with Gasteiger partial charge >= 0.3 is 0 Å². The second-order valence-corrected chi connectivity index (χ2v) is 9.92. The topological polar surface area (TPSA) is 68.7 Å². The smallest absolute Gasteiger partial charge is 0.221 e. The third-order valence-corrected chi connectivity index (χ3v) is 7.61. The molecule has 2 N–H and O–H groups in total. The molecule has 1 unspecified atom stereocenters. The van der Waals surface area contributed by atoms with Gasteiger partial charge in [0.25, 0.3) is 0 Å². The molecule has 1 saturated heterocycles. The van der Waals surface area contributed by atoms with Gasteiger partial charge in [-0.05, 0) is 66.7 Å². The number of piperidine rings is 1. The van der Waals surface area contributed by atoms with E-state index in [2.05, 4.69) is 47.4 Å². The van der Waals surface area contributed by atoms with Crippen molar-refractivity contribution in [1.29, 1.82) is 0 Å². The van der Waals surface area contributed by atoms with Crippen molar-refractivity contribution in [2.24, 2.45) is 11.7 Å². The summed E-state index contributed by atoms with van der Waals surface area (Å²) in [6, 6.07) is 25.0. The monoisotopic (exact) mass is 478 g/mol. The molecule has 1 aromatic heterocycles. The van der Waals surface area contributed by atoms with Crippen molar-refractivity contribution in [3.8, 4) is 22.6 Å². The number of hydrogen-bond acceptors (Lipinski definition) is 4. The second kappa shape index (κ2) is 9.67. The van der Waals surface area contributed by atoms with Crippen molar-refractivity contribution in [3.63, 3.8) is 0 Å². The fourth-order valence-electron chi connectivity index (χ4n) is 5.90. The number of amides is 1. The highest BCUT2D eigenvalue weighted by atomic mass is 16.5. The lowest BCUT2D eigenvalue weighted by atomic mass is 9.74. The Bertz CT molecular complexity index is 1370. The Hall–Kier alpha value is -3.83. The summed E-state index contributed by atoms with van der Waals surface area (Å²) in [5.41, 5.74) is 12.3. The van der Waals surface area contributed by atoms with Gasteiger partial charge in [0.1, 0.15) is 11.5 Å². The lowest BCUT2D eigenvalue weighted by Gasteiger charge is -2.39. The van der Waals surface area contributed by atoms with Gasteiger partial charge in [-0.25, -0.2) is 0 Å². The quantitative estimate of drug-likeness (QED) is 0.362. The summed E-state index contributed by atoms with van der Waals surface area (Å²) in [5.74, 6) is 2.37. The Morgan fingerprint density at radius 2 is 1.69 bits per heavy atom. The SMILES string of the molecule is NC(=O)Cc1ccccc1-c1ccc2c(c1)Oc1ccccc1C2C1CCN(Cc2ccoc2)CC1. The van der Waals surface area contributed by atoms with Crippen LogP contribution >= 0.6 is 0 Å². The largest absolute Gasteiger partial charge is 0.472 e. The third kappa shape index (κ3) is 4.42. The van der Waals surface area contributed by atoms with Gasteiger partial charge in [0.05, 0.1) is 18.9 Å². The van der Waals surface area contributed by atoms with Crippen LogP contribution in [0, 0.1) is 5.92 Å². The first-order valence-corrected chi connectivity index (χ1v) is 12.7. The van der Waals surface area contributed by atoms with E-state index in [9.17, 15) is 4.79 Å². The summed E-state index contributed by atoms with van der Waals surface area (Å²) in [6.45, 7) is 3.09. The molecule has 5 heteroatoms. The van der Waals surface area contributed by atoms with Gasteiger partial charge in [0, 0.05) is 29.2 Å². The Balaban J connectivity index is 1.31. The highest BCUT2D eigenvalue weighted by molar-refractivity contribution is 5.81. The maximum absolute atomic E-state index is 11.6. The Morgan fingerprint density at radius 1 is 0.917 bits per heavy atom. The van der Waals surface area contributed by atoms with Gasteiger partial charge in [-0.1, -0.05) is 54.6 Å². The van der Waals surface area contributed by atoms with Gasteiger partial charge in [-0.2, -0.15) is 0 Å². The first kappa shape index (κ1) is 22.6. The molecule has 1 amide bonds. The summed E-state index contributed by atoms with van der Waals surface area (Å²) in [6.07, 6.45) is 6.09. The van der Waals surface area contributed by atoms with E-state index in [-0.39, 0.29) is 12.3 Å². The van der Waals surface area contributed by atoms with Crippen LogP contribution in [0.2, 0.25) is 0 Å². The Labute approximate surface area is 211 Å². The second-order valence-electron chi connectivity index (χ2n) is 9.92. The van der Waals surface area contributed by atoms with Crippen molar-refractivity contribution < 1.29 is 13.9 Å². The molecule has 0 saturated carbocycles. The van der Waals surface area contributed by atoms with E-state index in [1.807, 2.05) is 36.6 Å².